The first-order chi connectivity index (χ1) is 7.65. The topological polar surface area (TPSA) is 83.8 Å². The van der Waals surface area contributed by atoms with Gasteiger partial charge < -0.3 is 5.11 Å². The van der Waals surface area contributed by atoms with Crippen molar-refractivity contribution in [2.45, 2.75) is 5.37 Å². The van der Waals surface area contributed by atoms with Crippen LogP contribution in [0, 0.1) is 4.91 Å². The van der Waals surface area contributed by atoms with Gasteiger partial charge in [0.2, 0.25) is 11.2 Å². The van der Waals surface area contributed by atoms with Crippen LogP contribution in [0.1, 0.15) is 10.4 Å². The lowest BCUT2D eigenvalue weighted by Gasteiger charge is -2.05. The molecular weight excluding hydrogens is 230 g/mol. The number of hydrogen-bond donors (Lipinski definition) is 1. The predicted molar refractivity (Wildman–Crippen MR) is 60.4 cm³/mol. The first-order valence-electron chi connectivity index (χ1n) is 4.40. The maximum atomic E-state index is 11.7. The summed E-state index contributed by atoms with van der Waals surface area (Å²) >= 11 is 0.704. The van der Waals surface area contributed by atoms with Crippen molar-refractivity contribution < 1.29 is 14.7 Å². The molecule has 0 aliphatic rings. The average Bonchev–Trinajstić information content (AvgIpc) is 2.30. The van der Waals surface area contributed by atoms with Gasteiger partial charge in [0.15, 0.2) is 0 Å². The standard InChI is InChI=1S/C10H9NO4S/c12-8(13)6-16-10(11-15)9(14)7-4-2-1-3-5-7/h1-5,10H,6H2,(H,12,13). The van der Waals surface area contributed by atoms with Gasteiger partial charge in [-0.25, -0.2) is 0 Å². The van der Waals surface area contributed by atoms with Crippen LogP contribution in [0.3, 0.4) is 0 Å². The first-order valence-corrected chi connectivity index (χ1v) is 5.45. The Balaban J connectivity index is 2.70. The van der Waals surface area contributed by atoms with Crippen LogP contribution in [0.25, 0.3) is 0 Å². The molecule has 1 N–H and O–H groups in total. The van der Waals surface area contributed by atoms with Gasteiger partial charge in [0, 0.05) is 5.56 Å². The van der Waals surface area contributed by atoms with Gasteiger partial charge in [-0.3, -0.25) is 9.59 Å². The summed E-state index contributed by atoms with van der Waals surface area (Å²) in [7, 11) is 0. The lowest BCUT2D eigenvalue weighted by Crippen LogP contribution is -2.16. The summed E-state index contributed by atoms with van der Waals surface area (Å²) in [6, 6.07) is 8.18. The molecule has 0 fully saturated rings. The zero-order chi connectivity index (χ0) is 12.0. The molecular formula is C10H9NO4S. The van der Waals surface area contributed by atoms with E-state index in [1.165, 1.54) is 0 Å². The number of carbonyl (C=O) groups is 2. The van der Waals surface area contributed by atoms with E-state index in [1.54, 1.807) is 30.3 Å². The molecule has 0 amide bonds. The van der Waals surface area contributed by atoms with Crippen molar-refractivity contribution in [1.82, 2.24) is 0 Å². The quantitative estimate of drug-likeness (QED) is 0.604. The fraction of sp³-hybridized carbons (Fsp3) is 0.200. The Hall–Kier alpha value is -1.69. The maximum Gasteiger partial charge on any atom is 0.313 e. The second-order valence-electron chi connectivity index (χ2n) is 2.89. The molecule has 0 bridgehead atoms. The van der Waals surface area contributed by atoms with Gasteiger partial charge in [-0.05, 0) is 5.18 Å². The van der Waals surface area contributed by atoms with E-state index in [-0.39, 0.29) is 5.75 Å². The van der Waals surface area contributed by atoms with E-state index in [4.69, 9.17) is 5.11 Å². The molecule has 6 heteroatoms. The van der Waals surface area contributed by atoms with Crippen molar-refractivity contribution in [3.63, 3.8) is 0 Å². The molecule has 5 nitrogen and oxygen atoms in total. The van der Waals surface area contributed by atoms with Crippen LogP contribution in [-0.4, -0.2) is 28.0 Å². The molecule has 0 aliphatic heterocycles. The largest absolute Gasteiger partial charge is 0.481 e. The van der Waals surface area contributed by atoms with E-state index in [0.717, 1.165) is 0 Å². The second kappa shape index (κ2) is 6.02. The van der Waals surface area contributed by atoms with Gasteiger partial charge in [-0.1, -0.05) is 30.3 Å². The first kappa shape index (κ1) is 12.4. The van der Waals surface area contributed by atoms with Gasteiger partial charge in [0.25, 0.3) is 0 Å². The van der Waals surface area contributed by atoms with Gasteiger partial charge in [0.05, 0.1) is 5.75 Å². The van der Waals surface area contributed by atoms with Crippen LogP contribution in [0.2, 0.25) is 0 Å². The number of aliphatic carboxylic acids is 1. The number of rotatable bonds is 6. The summed E-state index contributed by atoms with van der Waals surface area (Å²) in [5.41, 5.74) is 0.352. The number of Topliss-reactive ketones (excluding diaryl/α,β-unsaturated/α-hetero) is 1. The normalized spacial score (nSPS) is 11.8. The molecule has 1 rings (SSSR count). The van der Waals surface area contributed by atoms with Crippen molar-refractivity contribution >= 4 is 23.5 Å². The minimum absolute atomic E-state index is 0.324. The van der Waals surface area contributed by atoms with Gasteiger partial charge >= 0.3 is 5.97 Å². The van der Waals surface area contributed by atoms with Crippen LogP contribution in [0.5, 0.6) is 0 Å². The molecule has 0 spiro atoms. The minimum atomic E-state index is -1.20. The summed E-state index contributed by atoms with van der Waals surface area (Å²) < 4.78 is 0. The van der Waals surface area contributed by atoms with Crippen LogP contribution in [0.4, 0.5) is 0 Å². The van der Waals surface area contributed by atoms with Crippen molar-refractivity contribution in [3.8, 4) is 0 Å². The SMILES string of the molecule is O=NC(SCC(=O)O)C(=O)c1ccccc1. The molecule has 0 saturated carbocycles. The summed E-state index contributed by atoms with van der Waals surface area (Å²) in [6.07, 6.45) is 0. The highest BCUT2D eigenvalue weighted by molar-refractivity contribution is 8.01. The highest BCUT2D eigenvalue weighted by atomic mass is 32.2. The van der Waals surface area contributed by atoms with Crippen LogP contribution < -0.4 is 0 Å². The van der Waals surface area contributed by atoms with E-state index >= 15 is 0 Å². The predicted octanol–water partition coefficient (Wildman–Crippen LogP) is 1.78. The number of ketones is 1. The van der Waals surface area contributed by atoms with Crippen molar-refractivity contribution in [3.05, 3.63) is 40.8 Å². The van der Waals surface area contributed by atoms with E-state index in [2.05, 4.69) is 5.18 Å². The molecule has 1 aromatic carbocycles. The Labute approximate surface area is 95.8 Å². The number of hydrogen-bond acceptors (Lipinski definition) is 5. The van der Waals surface area contributed by atoms with Crippen molar-refractivity contribution in [2.24, 2.45) is 5.18 Å². The molecule has 0 aliphatic carbocycles. The number of benzene rings is 1. The highest BCUT2D eigenvalue weighted by Gasteiger charge is 2.22. The summed E-state index contributed by atoms with van der Waals surface area (Å²) in [6.45, 7) is 0. The second-order valence-corrected chi connectivity index (χ2v) is 3.96. The smallest absolute Gasteiger partial charge is 0.313 e. The Morgan fingerprint density at radius 3 is 2.44 bits per heavy atom. The molecule has 84 valence electrons. The van der Waals surface area contributed by atoms with E-state index in [1.807, 2.05) is 0 Å². The Morgan fingerprint density at radius 2 is 1.94 bits per heavy atom. The minimum Gasteiger partial charge on any atom is -0.481 e. The third-order valence-electron chi connectivity index (χ3n) is 1.74. The van der Waals surface area contributed by atoms with Gasteiger partial charge in [-0.15, -0.1) is 16.7 Å². The van der Waals surface area contributed by atoms with Crippen molar-refractivity contribution in [2.75, 3.05) is 5.75 Å². The van der Waals surface area contributed by atoms with Crippen molar-refractivity contribution in [1.29, 1.82) is 0 Å². The number of carbonyl (C=O) groups excluding carboxylic acids is 1. The number of nitroso groups, excluding NO2 is 1. The number of thioether (sulfide) groups is 1. The van der Waals surface area contributed by atoms with Gasteiger partial charge in [0.1, 0.15) is 0 Å². The van der Waals surface area contributed by atoms with Crippen LogP contribution in [-0.2, 0) is 4.79 Å². The van der Waals surface area contributed by atoms with E-state index in [9.17, 15) is 14.5 Å². The fourth-order valence-corrected chi connectivity index (χ4v) is 1.70. The van der Waals surface area contributed by atoms with Gasteiger partial charge in [-0.2, -0.15) is 0 Å². The summed E-state index contributed by atoms with van der Waals surface area (Å²) in [4.78, 5) is 32.4. The van der Waals surface area contributed by atoms with E-state index in [0.29, 0.717) is 17.3 Å². The monoisotopic (exact) mass is 239 g/mol. The number of carboxylic acids is 1. The third kappa shape index (κ3) is 3.47. The van der Waals surface area contributed by atoms with Crippen LogP contribution in [0.15, 0.2) is 35.5 Å². The Bertz CT molecular complexity index is 393. The third-order valence-corrected chi connectivity index (χ3v) is 2.77. The maximum absolute atomic E-state index is 11.7. The lowest BCUT2D eigenvalue weighted by atomic mass is 10.1. The molecule has 1 aromatic rings. The Morgan fingerprint density at radius 1 is 1.31 bits per heavy atom. The molecule has 1 unspecified atom stereocenters. The molecule has 0 saturated heterocycles. The zero-order valence-corrected chi connectivity index (χ0v) is 9.02. The summed E-state index contributed by atoms with van der Waals surface area (Å²) in [5.74, 6) is -1.88. The lowest BCUT2D eigenvalue weighted by molar-refractivity contribution is -0.133. The zero-order valence-electron chi connectivity index (χ0n) is 8.20. The molecule has 0 radical (unpaired) electrons. The molecule has 0 heterocycles. The number of nitrogens with zero attached hydrogens (tertiary/aromatic N) is 1. The fourth-order valence-electron chi connectivity index (χ4n) is 1.05. The molecule has 16 heavy (non-hydrogen) atoms. The molecule has 1 atom stereocenters. The molecule has 0 aromatic heterocycles. The summed E-state index contributed by atoms with van der Waals surface area (Å²) in [5, 5.41) is 9.87. The average molecular weight is 239 g/mol. The Kier molecular flexibility index (Phi) is 4.65. The van der Waals surface area contributed by atoms with Crippen LogP contribution >= 0.6 is 11.8 Å². The highest BCUT2D eigenvalue weighted by Crippen LogP contribution is 2.17. The van der Waals surface area contributed by atoms with E-state index < -0.39 is 17.1 Å². The number of carboxylic acid groups (broad SMARTS) is 1.